The molecule has 0 aromatic heterocycles. The Morgan fingerprint density at radius 1 is 1.44 bits per heavy atom. The molecule has 0 aromatic rings. The van der Waals surface area contributed by atoms with E-state index in [2.05, 4.69) is 0 Å². The highest BCUT2D eigenvalue weighted by Gasteiger charge is 2.34. The third-order valence-corrected chi connectivity index (χ3v) is 2.66. The number of carbonyl (C=O) groups excluding carboxylic acids is 1. The number of ether oxygens (including phenoxy) is 3. The minimum atomic E-state index is -0.569. The molecule has 1 atom stereocenters. The zero-order chi connectivity index (χ0) is 12.3. The van der Waals surface area contributed by atoms with Gasteiger partial charge in [-0.1, -0.05) is 0 Å². The molecular weight excluding hydrogens is 208 g/mol. The second-order valence-electron chi connectivity index (χ2n) is 4.35. The van der Waals surface area contributed by atoms with Crippen molar-refractivity contribution in [1.29, 1.82) is 0 Å². The van der Waals surface area contributed by atoms with Crippen LogP contribution in [0, 0.1) is 0 Å². The van der Waals surface area contributed by atoms with E-state index in [4.69, 9.17) is 14.2 Å². The first kappa shape index (κ1) is 13.2. The molecule has 0 aromatic carbocycles. The minimum Gasteiger partial charge on any atom is -0.463 e. The van der Waals surface area contributed by atoms with Gasteiger partial charge in [-0.25, -0.2) is 4.79 Å². The molecule has 1 aliphatic heterocycles. The molecule has 4 nitrogen and oxygen atoms in total. The van der Waals surface area contributed by atoms with Gasteiger partial charge >= 0.3 is 5.97 Å². The van der Waals surface area contributed by atoms with E-state index in [-0.39, 0.29) is 12.1 Å². The van der Waals surface area contributed by atoms with Crippen LogP contribution < -0.4 is 0 Å². The Balaban J connectivity index is 2.73. The summed E-state index contributed by atoms with van der Waals surface area (Å²) in [7, 11) is 0. The molecule has 1 heterocycles. The number of esters is 1. The van der Waals surface area contributed by atoms with E-state index < -0.39 is 5.79 Å². The molecule has 0 spiro atoms. The number of carbonyl (C=O) groups is 1. The fourth-order valence-electron chi connectivity index (χ4n) is 1.54. The van der Waals surface area contributed by atoms with Crippen LogP contribution in [0.1, 0.15) is 34.6 Å². The van der Waals surface area contributed by atoms with Crippen LogP contribution in [0.2, 0.25) is 0 Å². The van der Waals surface area contributed by atoms with E-state index in [1.54, 1.807) is 13.8 Å². The summed E-state index contributed by atoms with van der Waals surface area (Å²) in [6.07, 6.45) is -0.153. The van der Waals surface area contributed by atoms with Crippen LogP contribution in [0.25, 0.3) is 0 Å². The van der Waals surface area contributed by atoms with Gasteiger partial charge in [-0.2, -0.15) is 0 Å². The summed E-state index contributed by atoms with van der Waals surface area (Å²) < 4.78 is 16.1. The average molecular weight is 228 g/mol. The molecule has 92 valence electrons. The fourth-order valence-corrected chi connectivity index (χ4v) is 1.54. The monoisotopic (exact) mass is 228 g/mol. The van der Waals surface area contributed by atoms with Gasteiger partial charge in [0.25, 0.3) is 0 Å². The van der Waals surface area contributed by atoms with Crippen molar-refractivity contribution < 1.29 is 19.0 Å². The van der Waals surface area contributed by atoms with Crippen LogP contribution in [-0.4, -0.2) is 31.1 Å². The van der Waals surface area contributed by atoms with Gasteiger partial charge in [0, 0.05) is 5.57 Å². The summed E-state index contributed by atoms with van der Waals surface area (Å²) in [5.74, 6) is -0.853. The van der Waals surface area contributed by atoms with Gasteiger partial charge in [0.1, 0.15) is 6.10 Å². The van der Waals surface area contributed by atoms with Crippen LogP contribution in [0.3, 0.4) is 0 Å². The Morgan fingerprint density at radius 2 is 2.06 bits per heavy atom. The smallest absolute Gasteiger partial charge is 0.333 e. The van der Waals surface area contributed by atoms with E-state index in [0.717, 1.165) is 5.57 Å². The Labute approximate surface area is 96.6 Å². The second kappa shape index (κ2) is 4.97. The van der Waals surface area contributed by atoms with E-state index in [1.807, 2.05) is 20.8 Å². The molecule has 0 bridgehead atoms. The Bertz CT molecular complexity index is 304. The van der Waals surface area contributed by atoms with Crippen LogP contribution in [0.15, 0.2) is 11.1 Å². The summed E-state index contributed by atoms with van der Waals surface area (Å²) in [5, 5.41) is 0. The Morgan fingerprint density at radius 3 is 2.50 bits per heavy atom. The van der Waals surface area contributed by atoms with Crippen molar-refractivity contribution in [3.63, 3.8) is 0 Å². The predicted octanol–water partition coefficient (Wildman–Crippen LogP) is 2.04. The summed E-state index contributed by atoms with van der Waals surface area (Å²) in [4.78, 5) is 11.5. The molecule has 0 saturated carbocycles. The first-order chi connectivity index (χ1) is 7.37. The molecule has 0 amide bonds. The predicted molar refractivity (Wildman–Crippen MR) is 59.9 cm³/mol. The van der Waals surface area contributed by atoms with Crippen molar-refractivity contribution in [2.75, 3.05) is 13.2 Å². The summed E-state index contributed by atoms with van der Waals surface area (Å²) in [6, 6.07) is 0. The second-order valence-corrected chi connectivity index (χ2v) is 4.35. The SMILES string of the molecule is CCOC(=O)/C(C)=C(\C)C1COC(C)(C)O1. The van der Waals surface area contributed by atoms with E-state index in [0.29, 0.717) is 18.8 Å². The lowest BCUT2D eigenvalue weighted by molar-refractivity contribution is -0.140. The standard InChI is InChI=1S/C12H20O4/c1-6-14-11(13)9(3)8(2)10-7-15-12(4,5)16-10/h10H,6-7H2,1-5H3/b9-8+. The third-order valence-electron chi connectivity index (χ3n) is 2.66. The molecule has 0 N–H and O–H groups in total. The molecule has 1 unspecified atom stereocenters. The maximum absolute atomic E-state index is 11.5. The number of rotatable bonds is 3. The van der Waals surface area contributed by atoms with Gasteiger partial charge in [0.15, 0.2) is 5.79 Å². The third kappa shape index (κ3) is 3.06. The minimum absolute atomic E-state index is 0.153. The highest BCUT2D eigenvalue weighted by Crippen LogP contribution is 2.27. The molecule has 1 fully saturated rings. The lowest BCUT2D eigenvalue weighted by atomic mass is 10.1. The zero-order valence-corrected chi connectivity index (χ0v) is 10.6. The van der Waals surface area contributed by atoms with Crippen molar-refractivity contribution in [2.45, 2.75) is 46.5 Å². The highest BCUT2D eigenvalue weighted by atomic mass is 16.7. The molecular formula is C12H20O4. The van der Waals surface area contributed by atoms with Crippen molar-refractivity contribution >= 4 is 5.97 Å². The maximum Gasteiger partial charge on any atom is 0.333 e. The van der Waals surface area contributed by atoms with Crippen molar-refractivity contribution in [3.05, 3.63) is 11.1 Å². The number of hydrogen-bond donors (Lipinski definition) is 0. The quantitative estimate of drug-likeness (QED) is 0.547. The normalized spacial score (nSPS) is 25.2. The molecule has 16 heavy (non-hydrogen) atoms. The highest BCUT2D eigenvalue weighted by molar-refractivity contribution is 5.88. The average Bonchev–Trinajstić information content (AvgIpc) is 2.57. The van der Waals surface area contributed by atoms with Gasteiger partial charge in [-0.15, -0.1) is 0 Å². The lowest BCUT2D eigenvalue weighted by Gasteiger charge is -2.18. The Hall–Kier alpha value is -0.870. The van der Waals surface area contributed by atoms with Gasteiger partial charge in [0.05, 0.1) is 13.2 Å². The molecule has 4 heteroatoms. The molecule has 1 saturated heterocycles. The van der Waals surface area contributed by atoms with Crippen molar-refractivity contribution in [3.8, 4) is 0 Å². The van der Waals surface area contributed by atoms with Crippen LogP contribution >= 0.6 is 0 Å². The first-order valence-electron chi connectivity index (χ1n) is 5.53. The van der Waals surface area contributed by atoms with Gasteiger partial charge in [-0.05, 0) is 40.2 Å². The molecule has 0 radical (unpaired) electrons. The van der Waals surface area contributed by atoms with E-state index >= 15 is 0 Å². The fraction of sp³-hybridized carbons (Fsp3) is 0.750. The molecule has 0 aliphatic carbocycles. The summed E-state index contributed by atoms with van der Waals surface area (Å²) in [6.45, 7) is 10.0. The van der Waals surface area contributed by atoms with E-state index in [9.17, 15) is 4.79 Å². The topological polar surface area (TPSA) is 44.8 Å². The zero-order valence-electron chi connectivity index (χ0n) is 10.6. The van der Waals surface area contributed by atoms with Gasteiger partial charge in [0.2, 0.25) is 0 Å². The van der Waals surface area contributed by atoms with Crippen molar-refractivity contribution in [2.24, 2.45) is 0 Å². The lowest BCUT2D eigenvalue weighted by Crippen LogP contribution is -2.23. The number of hydrogen-bond acceptors (Lipinski definition) is 4. The van der Waals surface area contributed by atoms with Crippen LogP contribution in [0.4, 0.5) is 0 Å². The van der Waals surface area contributed by atoms with Crippen LogP contribution in [-0.2, 0) is 19.0 Å². The van der Waals surface area contributed by atoms with Crippen molar-refractivity contribution in [1.82, 2.24) is 0 Å². The largest absolute Gasteiger partial charge is 0.463 e. The van der Waals surface area contributed by atoms with E-state index in [1.165, 1.54) is 0 Å². The summed E-state index contributed by atoms with van der Waals surface area (Å²) >= 11 is 0. The molecule has 1 aliphatic rings. The van der Waals surface area contributed by atoms with Gasteiger partial charge < -0.3 is 14.2 Å². The summed E-state index contributed by atoms with van der Waals surface area (Å²) in [5.41, 5.74) is 1.48. The van der Waals surface area contributed by atoms with Crippen LogP contribution in [0.5, 0.6) is 0 Å². The molecule has 1 rings (SSSR count). The maximum atomic E-state index is 11.5. The first-order valence-corrected chi connectivity index (χ1v) is 5.53. The van der Waals surface area contributed by atoms with Gasteiger partial charge in [-0.3, -0.25) is 0 Å². The Kier molecular flexibility index (Phi) is 4.10.